The number of ether oxygens (including phenoxy) is 3. The van der Waals surface area contributed by atoms with Gasteiger partial charge in [-0.2, -0.15) is 0 Å². The molecule has 2 unspecified atom stereocenters. The lowest BCUT2D eigenvalue weighted by Gasteiger charge is -2.23. The Hall–Kier alpha value is -1.46. The third-order valence-electron chi connectivity index (χ3n) is 3.79. The highest BCUT2D eigenvalue weighted by molar-refractivity contribution is 5.56. The normalized spacial score (nSPS) is 13.5. The molecule has 1 aromatic carbocycles. The van der Waals surface area contributed by atoms with Crippen LogP contribution in [-0.4, -0.2) is 38.1 Å². The van der Waals surface area contributed by atoms with Crippen LogP contribution in [-0.2, 0) is 0 Å². The molecule has 0 spiro atoms. The maximum absolute atomic E-state index is 9.39. The zero-order chi connectivity index (χ0) is 17.2. The standard InChI is InChI=1S/C18H31NO4/c1-5-21-16-9-8-15(13(4)10-14(11-19)12-20)17(22-6-2)18(16)23-7-3/h8-9,13-14,20H,5-7,10-12,19H2,1-4H3. The minimum atomic E-state index is 0.0848. The Balaban J connectivity index is 3.21. The van der Waals surface area contributed by atoms with Crippen molar-refractivity contribution in [1.82, 2.24) is 0 Å². The molecule has 0 saturated heterocycles. The molecule has 0 aliphatic carbocycles. The third-order valence-corrected chi connectivity index (χ3v) is 3.79. The van der Waals surface area contributed by atoms with E-state index in [0.717, 1.165) is 17.7 Å². The Labute approximate surface area is 139 Å². The molecule has 23 heavy (non-hydrogen) atoms. The number of aliphatic hydroxyl groups excluding tert-OH is 1. The molecule has 3 N–H and O–H groups in total. The summed E-state index contributed by atoms with van der Waals surface area (Å²) in [4.78, 5) is 0. The molecule has 0 amide bonds. The molecule has 0 heterocycles. The van der Waals surface area contributed by atoms with E-state index < -0.39 is 0 Å². The molecule has 5 heteroatoms. The Morgan fingerprint density at radius 2 is 1.61 bits per heavy atom. The smallest absolute Gasteiger partial charge is 0.203 e. The van der Waals surface area contributed by atoms with Crippen LogP contribution in [0.2, 0.25) is 0 Å². The average molecular weight is 325 g/mol. The van der Waals surface area contributed by atoms with Crippen molar-refractivity contribution in [3.05, 3.63) is 17.7 Å². The van der Waals surface area contributed by atoms with E-state index in [1.54, 1.807) is 0 Å². The summed E-state index contributed by atoms with van der Waals surface area (Å²) < 4.78 is 17.3. The van der Waals surface area contributed by atoms with E-state index in [-0.39, 0.29) is 18.4 Å². The first-order valence-electron chi connectivity index (χ1n) is 8.48. The van der Waals surface area contributed by atoms with Crippen LogP contribution >= 0.6 is 0 Å². The van der Waals surface area contributed by atoms with Crippen molar-refractivity contribution < 1.29 is 19.3 Å². The SMILES string of the molecule is CCOc1ccc(C(C)CC(CN)CO)c(OCC)c1OCC. The van der Waals surface area contributed by atoms with Gasteiger partial charge in [-0.15, -0.1) is 0 Å². The lowest BCUT2D eigenvalue weighted by Crippen LogP contribution is -2.20. The van der Waals surface area contributed by atoms with Gasteiger partial charge in [0.25, 0.3) is 0 Å². The van der Waals surface area contributed by atoms with Crippen LogP contribution in [0.25, 0.3) is 0 Å². The topological polar surface area (TPSA) is 73.9 Å². The fraction of sp³-hybridized carbons (Fsp3) is 0.667. The minimum absolute atomic E-state index is 0.0848. The Kier molecular flexibility index (Phi) is 8.81. The molecular formula is C18H31NO4. The molecule has 1 aromatic rings. The monoisotopic (exact) mass is 325 g/mol. The van der Waals surface area contributed by atoms with Crippen molar-refractivity contribution in [1.29, 1.82) is 0 Å². The highest BCUT2D eigenvalue weighted by Crippen LogP contribution is 2.44. The molecule has 0 bridgehead atoms. The quantitative estimate of drug-likeness (QED) is 0.654. The molecule has 1 rings (SSSR count). The number of hydrogen-bond donors (Lipinski definition) is 2. The second-order valence-electron chi connectivity index (χ2n) is 5.53. The van der Waals surface area contributed by atoms with Gasteiger partial charge in [0.15, 0.2) is 11.5 Å². The van der Waals surface area contributed by atoms with Crippen molar-refractivity contribution in [2.24, 2.45) is 11.7 Å². The Bertz CT molecular complexity index is 461. The van der Waals surface area contributed by atoms with E-state index in [1.165, 1.54) is 0 Å². The molecule has 2 atom stereocenters. The van der Waals surface area contributed by atoms with Crippen LogP contribution in [0.15, 0.2) is 12.1 Å². The maximum atomic E-state index is 9.39. The van der Waals surface area contributed by atoms with E-state index in [4.69, 9.17) is 19.9 Å². The average Bonchev–Trinajstić information content (AvgIpc) is 2.55. The first-order chi connectivity index (χ1) is 11.1. The number of hydrogen-bond acceptors (Lipinski definition) is 5. The van der Waals surface area contributed by atoms with Crippen LogP contribution in [0.1, 0.15) is 45.6 Å². The first-order valence-corrected chi connectivity index (χ1v) is 8.48. The van der Waals surface area contributed by atoms with Gasteiger partial charge in [0, 0.05) is 12.2 Å². The fourth-order valence-electron chi connectivity index (χ4n) is 2.66. The summed E-state index contributed by atoms with van der Waals surface area (Å²) in [5.41, 5.74) is 6.77. The molecule has 0 fully saturated rings. The second-order valence-corrected chi connectivity index (χ2v) is 5.53. The van der Waals surface area contributed by atoms with Crippen LogP contribution in [0, 0.1) is 5.92 Å². The van der Waals surface area contributed by atoms with Gasteiger partial charge in [0.2, 0.25) is 5.75 Å². The predicted molar refractivity (Wildman–Crippen MR) is 92.6 cm³/mol. The van der Waals surface area contributed by atoms with Crippen molar-refractivity contribution in [3.8, 4) is 17.2 Å². The van der Waals surface area contributed by atoms with Gasteiger partial charge < -0.3 is 25.1 Å². The fourth-order valence-corrected chi connectivity index (χ4v) is 2.66. The van der Waals surface area contributed by atoms with Gasteiger partial charge in [-0.25, -0.2) is 0 Å². The van der Waals surface area contributed by atoms with E-state index in [1.807, 2.05) is 32.9 Å². The van der Waals surface area contributed by atoms with Gasteiger partial charge in [-0.1, -0.05) is 13.0 Å². The van der Waals surface area contributed by atoms with Gasteiger partial charge >= 0.3 is 0 Å². The number of rotatable bonds is 11. The molecule has 5 nitrogen and oxygen atoms in total. The molecule has 0 aliphatic heterocycles. The van der Waals surface area contributed by atoms with Crippen molar-refractivity contribution >= 4 is 0 Å². The summed E-state index contributed by atoms with van der Waals surface area (Å²) in [6.07, 6.45) is 0.798. The van der Waals surface area contributed by atoms with E-state index in [0.29, 0.717) is 37.9 Å². The van der Waals surface area contributed by atoms with E-state index in [2.05, 4.69) is 6.92 Å². The van der Waals surface area contributed by atoms with Crippen LogP contribution in [0.4, 0.5) is 0 Å². The number of nitrogens with two attached hydrogens (primary N) is 1. The maximum Gasteiger partial charge on any atom is 0.203 e. The largest absolute Gasteiger partial charge is 0.490 e. The summed E-state index contributed by atoms with van der Waals surface area (Å²) in [6, 6.07) is 3.95. The zero-order valence-corrected chi connectivity index (χ0v) is 14.8. The van der Waals surface area contributed by atoms with Crippen molar-refractivity contribution in [2.75, 3.05) is 33.0 Å². The summed E-state index contributed by atoms with van der Waals surface area (Å²) in [5, 5.41) is 9.39. The van der Waals surface area contributed by atoms with Gasteiger partial charge in [0.05, 0.1) is 19.8 Å². The lowest BCUT2D eigenvalue weighted by molar-refractivity contribution is 0.215. The lowest BCUT2D eigenvalue weighted by atomic mass is 9.89. The highest BCUT2D eigenvalue weighted by atomic mass is 16.5. The highest BCUT2D eigenvalue weighted by Gasteiger charge is 2.22. The minimum Gasteiger partial charge on any atom is -0.490 e. The molecule has 0 aromatic heterocycles. The molecule has 0 radical (unpaired) electrons. The molecule has 132 valence electrons. The Morgan fingerprint density at radius 1 is 1.00 bits per heavy atom. The molecule has 0 aliphatic rings. The molecular weight excluding hydrogens is 294 g/mol. The van der Waals surface area contributed by atoms with E-state index in [9.17, 15) is 5.11 Å². The zero-order valence-electron chi connectivity index (χ0n) is 14.8. The van der Waals surface area contributed by atoms with Crippen molar-refractivity contribution in [3.63, 3.8) is 0 Å². The number of benzene rings is 1. The molecule has 0 saturated carbocycles. The third kappa shape index (κ3) is 5.29. The van der Waals surface area contributed by atoms with Crippen LogP contribution < -0.4 is 19.9 Å². The van der Waals surface area contributed by atoms with Crippen LogP contribution in [0.5, 0.6) is 17.2 Å². The van der Waals surface area contributed by atoms with E-state index >= 15 is 0 Å². The first kappa shape index (κ1) is 19.6. The van der Waals surface area contributed by atoms with Gasteiger partial charge in [-0.05, 0) is 51.6 Å². The summed E-state index contributed by atoms with van der Waals surface area (Å²) in [5.74, 6) is 2.38. The predicted octanol–water partition coefficient (Wildman–Crippen LogP) is 2.94. The second kappa shape index (κ2) is 10.3. The number of aliphatic hydroxyl groups is 1. The Morgan fingerprint density at radius 3 is 2.13 bits per heavy atom. The van der Waals surface area contributed by atoms with Gasteiger partial charge in [0.1, 0.15) is 0 Å². The summed E-state index contributed by atoms with van der Waals surface area (Å²) in [6.45, 7) is 10.2. The summed E-state index contributed by atoms with van der Waals surface area (Å²) >= 11 is 0. The summed E-state index contributed by atoms with van der Waals surface area (Å²) in [7, 11) is 0. The van der Waals surface area contributed by atoms with Gasteiger partial charge in [-0.3, -0.25) is 0 Å². The van der Waals surface area contributed by atoms with Crippen molar-refractivity contribution in [2.45, 2.75) is 40.0 Å². The van der Waals surface area contributed by atoms with Crippen LogP contribution in [0.3, 0.4) is 0 Å².